The van der Waals surface area contributed by atoms with Crippen molar-refractivity contribution in [2.24, 2.45) is 17.3 Å². The predicted octanol–water partition coefficient (Wildman–Crippen LogP) is 5.01. The van der Waals surface area contributed by atoms with Gasteiger partial charge in [0.1, 0.15) is 5.82 Å². The fourth-order valence-electron chi connectivity index (χ4n) is 6.98. The summed E-state index contributed by atoms with van der Waals surface area (Å²) in [6.07, 6.45) is 5.24. The summed E-state index contributed by atoms with van der Waals surface area (Å²) in [7, 11) is 0. The van der Waals surface area contributed by atoms with Gasteiger partial charge in [-0.3, -0.25) is 9.59 Å². The SMILES string of the molecule is CCCNC(=O)CCC1CCCC1N[C@@H]1CC[C@@](C(=O)N2CCN(c3cc(C(F)(F)F)ccn3)CC2)(C(C)C)C1. The molecule has 224 valence electrons. The van der Waals surface area contributed by atoms with Crippen molar-refractivity contribution in [1.82, 2.24) is 20.5 Å². The average Bonchev–Trinajstić information content (AvgIpc) is 3.58. The van der Waals surface area contributed by atoms with Gasteiger partial charge in [-0.05, 0) is 68.9 Å². The third kappa shape index (κ3) is 7.09. The van der Waals surface area contributed by atoms with Crippen LogP contribution in [0, 0.1) is 17.3 Å². The second-order valence-corrected chi connectivity index (χ2v) is 12.3. The smallest absolute Gasteiger partial charge is 0.356 e. The maximum absolute atomic E-state index is 14.0. The summed E-state index contributed by atoms with van der Waals surface area (Å²) in [5.74, 6) is 1.31. The molecule has 0 aromatic carbocycles. The lowest BCUT2D eigenvalue weighted by molar-refractivity contribution is -0.145. The highest BCUT2D eigenvalue weighted by Gasteiger charge is 2.50. The molecule has 2 unspecified atom stereocenters. The van der Waals surface area contributed by atoms with Crippen LogP contribution >= 0.6 is 0 Å². The highest BCUT2D eigenvalue weighted by Crippen LogP contribution is 2.47. The van der Waals surface area contributed by atoms with Crippen molar-refractivity contribution in [2.75, 3.05) is 37.6 Å². The second kappa shape index (κ2) is 13.1. The molecule has 40 heavy (non-hydrogen) atoms. The summed E-state index contributed by atoms with van der Waals surface area (Å²) < 4.78 is 39.5. The lowest BCUT2D eigenvalue weighted by atomic mass is 9.74. The second-order valence-electron chi connectivity index (χ2n) is 12.3. The first-order valence-corrected chi connectivity index (χ1v) is 15.1. The number of halogens is 3. The minimum atomic E-state index is -4.41. The summed E-state index contributed by atoms with van der Waals surface area (Å²) in [4.78, 5) is 34.0. The molecule has 7 nitrogen and oxygen atoms in total. The lowest BCUT2D eigenvalue weighted by Gasteiger charge is -2.42. The number of rotatable bonds is 10. The molecule has 0 spiro atoms. The molecule has 2 aliphatic carbocycles. The molecule has 4 rings (SSSR count). The number of nitrogens with zero attached hydrogens (tertiary/aromatic N) is 3. The van der Waals surface area contributed by atoms with Gasteiger partial charge >= 0.3 is 6.18 Å². The number of carbonyl (C=O) groups is 2. The van der Waals surface area contributed by atoms with Crippen LogP contribution in [0.1, 0.15) is 84.1 Å². The maximum atomic E-state index is 14.0. The summed E-state index contributed by atoms with van der Waals surface area (Å²) in [5, 5.41) is 6.88. The van der Waals surface area contributed by atoms with Crippen LogP contribution in [-0.4, -0.2) is 66.5 Å². The zero-order valence-corrected chi connectivity index (χ0v) is 24.2. The van der Waals surface area contributed by atoms with Crippen molar-refractivity contribution in [2.45, 2.75) is 96.8 Å². The van der Waals surface area contributed by atoms with Crippen molar-refractivity contribution in [3.05, 3.63) is 23.9 Å². The van der Waals surface area contributed by atoms with Gasteiger partial charge in [0.2, 0.25) is 11.8 Å². The first kappa shape index (κ1) is 30.6. The zero-order chi connectivity index (χ0) is 28.9. The number of amides is 2. The van der Waals surface area contributed by atoms with Gasteiger partial charge in [0.05, 0.1) is 11.0 Å². The van der Waals surface area contributed by atoms with Crippen LogP contribution in [-0.2, 0) is 15.8 Å². The molecule has 1 aromatic rings. The Kier molecular flexibility index (Phi) is 10.0. The monoisotopic (exact) mass is 565 g/mol. The number of carbonyl (C=O) groups excluding carboxylic acids is 2. The standard InChI is InChI=1S/C30H46F3N5O2/c1-4-13-35-27(39)9-8-22-6-5-7-25(22)36-24-10-12-29(20-24,21(2)3)28(40)38-17-15-37(16-18-38)26-19-23(11-14-34-26)30(31,32)33/h11,14,19,21-22,24-25,36H,4-10,12-13,15-18,20H2,1-3H3,(H,35,39)/t22?,24-,25?,29+/m1/s1. The van der Waals surface area contributed by atoms with Crippen LogP contribution < -0.4 is 15.5 Å². The van der Waals surface area contributed by atoms with Gasteiger partial charge in [-0.1, -0.05) is 27.2 Å². The van der Waals surface area contributed by atoms with E-state index < -0.39 is 17.2 Å². The number of hydrogen-bond acceptors (Lipinski definition) is 5. The van der Waals surface area contributed by atoms with E-state index in [1.165, 1.54) is 12.6 Å². The molecule has 4 atom stereocenters. The van der Waals surface area contributed by atoms with Crippen LogP contribution in [0.4, 0.5) is 19.0 Å². The van der Waals surface area contributed by atoms with E-state index in [0.717, 1.165) is 63.6 Å². The van der Waals surface area contributed by atoms with Crippen molar-refractivity contribution in [3.63, 3.8) is 0 Å². The molecule has 2 saturated carbocycles. The fraction of sp³-hybridized carbons (Fsp3) is 0.767. The van der Waals surface area contributed by atoms with Gasteiger partial charge in [-0.25, -0.2) is 4.98 Å². The lowest BCUT2D eigenvalue weighted by Crippen LogP contribution is -2.54. The Bertz CT molecular complexity index is 1010. The predicted molar refractivity (Wildman–Crippen MR) is 150 cm³/mol. The Hall–Kier alpha value is -2.36. The van der Waals surface area contributed by atoms with E-state index in [0.29, 0.717) is 50.4 Å². The molecule has 2 amide bonds. The van der Waals surface area contributed by atoms with Crippen LogP contribution in [0.3, 0.4) is 0 Å². The van der Waals surface area contributed by atoms with E-state index in [9.17, 15) is 22.8 Å². The van der Waals surface area contributed by atoms with Gasteiger partial charge in [0, 0.05) is 57.4 Å². The topological polar surface area (TPSA) is 77.6 Å². The number of nitrogens with one attached hydrogen (secondary N) is 2. The van der Waals surface area contributed by atoms with E-state index >= 15 is 0 Å². The first-order valence-electron chi connectivity index (χ1n) is 15.1. The number of alkyl halides is 3. The highest BCUT2D eigenvalue weighted by molar-refractivity contribution is 5.84. The van der Waals surface area contributed by atoms with Crippen molar-refractivity contribution in [3.8, 4) is 0 Å². The summed E-state index contributed by atoms with van der Waals surface area (Å²) in [6, 6.07) is 2.75. The fourth-order valence-corrected chi connectivity index (χ4v) is 6.98. The molecule has 3 fully saturated rings. The number of anilines is 1. The largest absolute Gasteiger partial charge is 0.416 e. The normalized spacial score (nSPS) is 27.4. The third-order valence-corrected chi connectivity index (χ3v) is 9.47. The molecule has 1 aromatic heterocycles. The van der Waals surface area contributed by atoms with Crippen LogP contribution in [0.25, 0.3) is 0 Å². The van der Waals surface area contributed by atoms with Gasteiger partial charge in [0.15, 0.2) is 0 Å². The van der Waals surface area contributed by atoms with Crippen LogP contribution in [0.15, 0.2) is 18.3 Å². The van der Waals surface area contributed by atoms with Gasteiger partial charge < -0.3 is 20.4 Å². The van der Waals surface area contributed by atoms with Crippen molar-refractivity contribution < 1.29 is 22.8 Å². The minimum Gasteiger partial charge on any atom is -0.356 e. The summed E-state index contributed by atoms with van der Waals surface area (Å²) in [6.45, 7) is 8.95. The van der Waals surface area contributed by atoms with E-state index in [2.05, 4.69) is 36.4 Å². The highest BCUT2D eigenvalue weighted by atomic mass is 19.4. The summed E-state index contributed by atoms with van der Waals surface area (Å²) in [5.41, 5.74) is -1.13. The first-order chi connectivity index (χ1) is 19.0. The molecule has 1 aliphatic heterocycles. The Morgan fingerprint density at radius 3 is 2.58 bits per heavy atom. The molecule has 0 bridgehead atoms. The Morgan fingerprint density at radius 1 is 1.15 bits per heavy atom. The molecule has 1 saturated heterocycles. The van der Waals surface area contributed by atoms with Gasteiger partial charge in [0.25, 0.3) is 0 Å². The molecule has 2 heterocycles. The van der Waals surface area contributed by atoms with Gasteiger partial charge in [-0.2, -0.15) is 13.2 Å². The van der Waals surface area contributed by atoms with E-state index in [1.807, 2.05) is 9.80 Å². The van der Waals surface area contributed by atoms with Crippen molar-refractivity contribution >= 4 is 17.6 Å². The quantitative estimate of drug-likeness (QED) is 0.417. The molecular weight excluding hydrogens is 519 g/mol. The van der Waals surface area contributed by atoms with Gasteiger partial charge in [-0.15, -0.1) is 0 Å². The average molecular weight is 566 g/mol. The minimum absolute atomic E-state index is 0.140. The Labute approximate surface area is 236 Å². The van der Waals surface area contributed by atoms with E-state index in [-0.39, 0.29) is 23.8 Å². The number of aromatic nitrogens is 1. The van der Waals surface area contributed by atoms with Crippen molar-refractivity contribution in [1.29, 1.82) is 0 Å². The Morgan fingerprint density at radius 2 is 1.90 bits per heavy atom. The van der Waals surface area contributed by atoms with E-state index in [1.54, 1.807) is 0 Å². The number of pyridine rings is 1. The third-order valence-electron chi connectivity index (χ3n) is 9.47. The summed E-state index contributed by atoms with van der Waals surface area (Å²) >= 11 is 0. The Balaban J connectivity index is 1.32. The zero-order valence-electron chi connectivity index (χ0n) is 24.2. The molecule has 10 heteroatoms. The van der Waals surface area contributed by atoms with Crippen LogP contribution in [0.5, 0.6) is 0 Å². The van der Waals surface area contributed by atoms with E-state index in [4.69, 9.17) is 0 Å². The maximum Gasteiger partial charge on any atom is 0.416 e. The number of piperazine rings is 1. The molecule has 0 radical (unpaired) electrons. The molecular formula is C30H46F3N5O2. The molecule has 2 N–H and O–H groups in total. The number of hydrogen-bond donors (Lipinski definition) is 2. The molecule has 3 aliphatic rings. The van der Waals surface area contributed by atoms with Crippen LogP contribution in [0.2, 0.25) is 0 Å².